The van der Waals surface area contributed by atoms with Gasteiger partial charge >= 0.3 is 0 Å². The summed E-state index contributed by atoms with van der Waals surface area (Å²) in [5.74, 6) is 2.66. The molecule has 0 saturated carbocycles. The van der Waals surface area contributed by atoms with Crippen LogP contribution in [0.25, 0.3) is 0 Å². The van der Waals surface area contributed by atoms with Gasteiger partial charge in [-0.2, -0.15) is 0 Å². The number of aromatic nitrogens is 1. The maximum atomic E-state index is 10.3. The Morgan fingerprint density at radius 2 is 2.14 bits per heavy atom. The van der Waals surface area contributed by atoms with E-state index < -0.39 is 6.10 Å². The molecule has 2 N–H and O–H groups in total. The molecule has 2 aromatic rings. The Balaban J connectivity index is 1.97. The van der Waals surface area contributed by atoms with Gasteiger partial charge in [-0.15, -0.1) is 0 Å². The minimum atomic E-state index is -0.717. The Hall–Kier alpha value is -2.05. The highest BCUT2D eigenvalue weighted by atomic mass is 16.5. The molecule has 6 heteroatoms. The lowest BCUT2D eigenvalue weighted by atomic mass is 10.1. The fraction of sp³-hybridized carbons (Fsp3) is 0.400. The lowest BCUT2D eigenvalue weighted by Crippen LogP contribution is -2.21. The first-order chi connectivity index (χ1) is 10.1. The van der Waals surface area contributed by atoms with Gasteiger partial charge in [-0.1, -0.05) is 0 Å². The van der Waals surface area contributed by atoms with Crippen LogP contribution in [0.4, 0.5) is 0 Å². The number of aryl methyl sites for hydroxylation is 1. The van der Waals surface area contributed by atoms with Crippen LogP contribution in [0, 0.1) is 6.92 Å². The summed E-state index contributed by atoms with van der Waals surface area (Å²) in [6.07, 6.45) is 0.949. The quantitative estimate of drug-likeness (QED) is 0.810. The zero-order chi connectivity index (χ0) is 15.2. The van der Waals surface area contributed by atoms with E-state index >= 15 is 0 Å². The molecule has 0 saturated heterocycles. The third kappa shape index (κ3) is 3.96. The summed E-state index contributed by atoms with van der Waals surface area (Å²) >= 11 is 0. The Morgan fingerprint density at radius 1 is 1.33 bits per heavy atom. The lowest BCUT2D eigenvalue weighted by molar-refractivity contribution is 0.168. The average Bonchev–Trinajstić information content (AvgIpc) is 2.91. The van der Waals surface area contributed by atoms with Gasteiger partial charge in [-0.05, 0) is 25.1 Å². The molecule has 0 aliphatic heterocycles. The molecule has 114 valence electrons. The van der Waals surface area contributed by atoms with Crippen LogP contribution in [0.3, 0.4) is 0 Å². The highest BCUT2D eigenvalue weighted by Gasteiger charge is 2.14. The summed E-state index contributed by atoms with van der Waals surface area (Å²) < 4.78 is 15.8. The molecule has 6 nitrogen and oxygen atoms in total. The third-order valence-corrected chi connectivity index (χ3v) is 3.08. The Kier molecular flexibility index (Phi) is 5.19. The predicted octanol–water partition coefficient (Wildman–Crippen LogP) is 1.82. The number of nitrogens with one attached hydrogen (secondary N) is 1. The van der Waals surface area contributed by atoms with E-state index in [0.717, 1.165) is 5.76 Å². The zero-order valence-corrected chi connectivity index (χ0v) is 12.4. The van der Waals surface area contributed by atoms with Crippen molar-refractivity contribution in [3.05, 3.63) is 41.6 Å². The number of ether oxygens (including phenoxy) is 2. The van der Waals surface area contributed by atoms with E-state index in [4.69, 9.17) is 13.9 Å². The van der Waals surface area contributed by atoms with Crippen LogP contribution in [0.15, 0.2) is 28.8 Å². The molecule has 0 radical (unpaired) electrons. The average molecular weight is 292 g/mol. The standard InChI is InChI=1S/C15H20N2O4/c1-10-7-17-15(21-10)9-16-8-13(18)12-6-11(19-2)4-5-14(12)20-3/h4-7,13,16,18H,8-9H2,1-3H3. The summed E-state index contributed by atoms with van der Waals surface area (Å²) in [7, 11) is 3.15. The van der Waals surface area contributed by atoms with E-state index in [1.807, 2.05) is 6.92 Å². The summed E-state index contributed by atoms with van der Waals surface area (Å²) in [5, 5.41) is 13.4. The van der Waals surface area contributed by atoms with E-state index in [0.29, 0.717) is 36.0 Å². The SMILES string of the molecule is COc1ccc(OC)c(C(O)CNCc2ncc(C)o2)c1. The van der Waals surface area contributed by atoms with Crippen LogP contribution >= 0.6 is 0 Å². The van der Waals surface area contributed by atoms with Crippen molar-refractivity contribution < 1.29 is 19.0 Å². The number of hydrogen-bond donors (Lipinski definition) is 2. The smallest absolute Gasteiger partial charge is 0.208 e. The first-order valence-electron chi connectivity index (χ1n) is 6.66. The van der Waals surface area contributed by atoms with Gasteiger partial charge in [0.05, 0.1) is 33.1 Å². The highest BCUT2D eigenvalue weighted by molar-refractivity contribution is 5.41. The second-order valence-corrected chi connectivity index (χ2v) is 4.62. The molecule has 1 aromatic heterocycles. The van der Waals surface area contributed by atoms with Gasteiger partial charge in [0.15, 0.2) is 0 Å². The van der Waals surface area contributed by atoms with E-state index in [1.165, 1.54) is 0 Å². The van der Waals surface area contributed by atoms with Crippen molar-refractivity contribution in [1.82, 2.24) is 10.3 Å². The van der Waals surface area contributed by atoms with Crippen LogP contribution in [-0.2, 0) is 6.54 Å². The van der Waals surface area contributed by atoms with Gasteiger partial charge in [-0.25, -0.2) is 4.98 Å². The second kappa shape index (κ2) is 7.10. The van der Waals surface area contributed by atoms with Crippen molar-refractivity contribution >= 4 is 0 Å². The van der Waals surface area contributed by atoms with Crippen LogP contribution in [0.5, 0.6) is 11.5 Å². The summed E-state index contributed by atoms with van der Waals surface area (Å²) in [5.41, 5.74) is 0.674. The largest absolute Gasteiger partial charge is 0.497 e. The summed E-state index contributed by atoms with van der Waals surface area (Å²) in [6, 6.07) is 5.33. The van der Waals surface area contributed by atoms with Crippen LogP contribution in [0.1, 0.15) is 23.3 Å². The number of aliphatic hydroxyl groups excluding tert-OH is 1. The molecule has 2 rings (SSSR count). The fourth-order valence-corrected chi connectivity index (χ4v) is 2.01. The minimum Gasteiger partial charge on any atom is -0.497 e. The second-order valence-electron chi connectivity index (χ2n) is 4.62. The zero-order valence-electron chi connectivity index (χ0n) is 12.4. The van der Waals surface area contributed by atoms with Gasteiger partial charge in [0, 0.05) is 12.1 Å². The number of benzene rings is 1. The molecule has 1 atom stereocenters. The van der Waals surface area contributed by atoms with Crippen molar-refractivity contribution in [2.24, 2.45) is 0 Å². The topological polar surface area (TPSA) is 76.8 Å². The highest BCUT2D eigenvalue weighted by Crippen LogP contribution is 2.29. The molecule has 21 heavy (non-hydrogen) atoms. The number of nitrogens with zero attached hydrogens (tertiary/aromatic N) is 1. The normalized spacial score (nSPS) is 12.2. The maximum Gasteiger partial charge on any atom is 0.208 e. The molecule has 1 unspecified atom stereocenters. The number of oxazole rings is 1. The Morgan fingerprint density at radius 3 is 2.76 bits per heavy atom. The molecule has 0 aliphatic carbocycles. The third-order valence-electron chi connectivity index (χ3n) is 3.08. The number of aliphatic hydroxyl groups is 1. The van der Waals surface area contributed by atoms with Gasteiger partial charge < -0.3 is 24.3 Å². The van der Waals surface area contributed by atoms with Gasteiger partial charge in [0.2, 0.25) is 5.89 Å². The van der Waals surface area contributed by atoms with Gasteiger partial charge in [0.25, 0.3) is 0 Å². The molecule has 1 heterocycles. The monoisotopic (exact) mass is 292 g/mol. The molecule has 0 fully saturated rings. The minimum absolute atomic E-state index is 0.352. The number of hydrogen-bond acceptors (Lipinski definition) is 6. The molecular formula is C15H20N2O4. The predicted molar refractivity (Wildman–Crippen MR) is 77.5 cm³/mol. The van der Waals surface area contributed by atoms with E-state index in [2.05, 4.69) is 10.3 Å². The molecule has 0 aliphatic rings. The van der Waals surface area contributed by atoms with Crippen molar-refractivity contribution in [3.8, 4) is 11.5 Å². The van der Waals surface area contributed by atoms with Gasteiger partial charge in [0.1, 0.15) is 17.3 Å². The number of methoxy groups -OCH3 is 2. The van der Waals surface area contributed by atoms with Crippen molar-refractivity contribution in [2.45, 2.75) is 19.6 Å². The lowest BCUT2D eigenvalue weighted by Gasteiger charge is -2.16. The Bertz CT molecular complexity index is 583. The van der Waals surface area contributed by atoms with Gasteiger partial charge in [-0.3, -0.25) is 0 Å². The first kappa shape index (κ1) is 15.3. The van der Waals surface area contributed by atoms with E-state index in [1.54, 1.807) is 38.6 Å². The Labute approximate surface area is 123 Å². The first-order valence-corrected chi connectivity index (χ1v) is 6.66. The van der Waals surface area contributed by atoms with Crippen LogP contribution < -0.4 is 14.8 Å². The van der Waals surface area contributed by atoms with E-state index in [9.17, 15) is 5.11 Å². The molecule has 0 amide bonds. The molecule has 1 aromatic carbocycles. The van der Waals surface area contributed by atoms with E-state index in [-0.39, 0.29) is 0 Å². The molecule has 0 spiro atoms. The maximum absolute atomic E-state index is 10.3. The molecular weight excluding hydrogens is 272 g/mol. The molecule has 0 bridgehead atoms. The van der Waals surface area contributed by atoms with Crippen molar-refractivity contribution in [2.75, 3.05) is 20.8 Å². The van der Waals surface area contributed by atoms with Crippen molar-refractivity contribution in [1.29, 1.82) is 0 Å². The summed E-state index contributed by atoms with van der Waals surface area (Å²) in [6.45, 7) is 2.65. The van der Waals surface area contributed by atoms with Crippen molar-refractivity contribution in [3.63, 3.8) is 0 Å². The number of rotatable bonds is 7. The fourth-order valence-electron chi connectivity index (χ4n) is 2.01. The summed E-state index contributed by atoms with van der Waals surface area (Å²) in [4.78, 5) is 4.09. The van der Waals surface area contributed by atoms with Crippen LogP contribution in [-0.4, -0.2) is 30.9 Å². The van der Waals surface area contributed by atoms with Crippen LogP contribution in [0.2, 0.25) is 0 Å².